The standard InChI is InChI=1S/C17H21N3/c18-16-12-15(14-8-4-5-9-14)19-17(20-16)11-10-13-6-2-1-3-7-13/h1-3,6-7,12,14H,4-5,8-11H2,(H2,18,19,20). The summed E-state index contributed by atoms with van der Waals surface area (Å²) in [6.07, 6.45) is 6.94. The highest BCUT2D eigenvalue weighted by molar-refractivity contribution is 5.32. The van der Waals surface area contributed by atoms with E-state index in [-0.39, 0.29) is 0 Å². The number of hydrogen-bond acceptors (Lipinski definition) is 3. The number of aromatic nitrogens is 2. The van der Waals surface area contributed by atoms with Crippen molar-refractivity contribution >= 4 is 5.82 Å². The minimum atomic E-state index is 0.593. The van der Waals surface area contributed by atoms with Gasteiger partial charge in [-0.2, -0.15) is 0 Å². The van der Waals surface area contributed by atoms with Crippen LogP contribution in [-0.4, -0.2) is 9.97 Å². The van der Waals surface area contributed by atoms with E-state index < -0.39 is 0 Å². The maximum Gasteiger partial charge on any atom is 0.131 e. The van der Waals surface area contributed by atoms with Crippen LogP contribution in [0.3, 0.4) is 0 Å². The fourth-order valence-corrected chi connectivity index (χ4v) is 2.98. The molecule has 0 saturated heterocycles. The minimum absolute atomic E-state index is 0.593. The van der Waals surface area contributed by atoms with Gasteiger partial charge < -0.3 is 5.73 Å². The first kappa shape index (κ1) is 13.1. The van der Waals surface area contributed by atoms with Crippen LogP contribution in [0.25, 0.3) is 0 Å². The molecule has 1 aliphatic rings. The molecule has 0 radical (unpaired) electrons. The van der Waals surface area contributed by atoms with Crippen molar-refractivity contribution in [3.8, 4) is 0 Å². The molecule has 1 saturated carbocycles. The molecule has 3 heteroatoms. The number of aryl methyl sites for hydroxylation is 2. The number of benzene rings is 1. The van der Waals surface area contributed by atoms with Crippen molar-refractivity contribution in [2.75, 3.05) is 5.73 Å². The molecule has 0 amide bonds. The van der Waals surface area contributed by atoms with E-state index in [2.05, 4.69) is 29.2 Å². The molecular weight excluding hydrogens is 246 g/mol. The van der Waals surface area contributed by atoms with Gasteiger partial charge in [0.2, 0.25) is 0 Å². The first-order valence-corrected chi connectivity index (χ1v) is 7.48. The van der Waals surface area contributed by atoms with E-state index in [1.54, 1.807) is 0 Å². The molecule has 0 aliphatic heterocycles. The van der Waals surface area contributed by atoms with Crippen molar-refractivity contribution in [1.82, 2.24) is 9.97 Å². The van der Waals surface area contributed by atoms with Crippen molar-refractivity contribution in [2.45, 2.75) is 44.4 Å². The Balaban J connectivity index is 1.72. The third kappa shape index (κ3) is 3.16. The molecule has 1 aromatic carbocycles. The van der Waals surface area contributed by atoms with Crippen LogP contribution in [0, 0.1) is 0 Å². The maximum absolute atomic E-state index is 5.94. The molecule has 1 fully saturated rings. The van der Waals surface area contributed by atoms with Gasteiger partial charge in [0.05, 0.1) is 0 Å². The lowest BCUT2D eigenvalue weighted by atomic mass is 10.0. The summed E-state index contributed by atoms with van der Waals surface area (Å²) in [5.74, 6) is 2.09. The fraction of sp³-hybridized carbons (Fsp3) is 0.412. The molecule has 2 N–H and O–H groups in total. The van der Waals surface area contributed by atoms with Crippen molar-refractivity contribution in [3.63, 3.8) is 0 Å². The van der Waals surface area contributed by atoms with Gasteiger partial charge in [0.1, 0.15) is 11.6 Å². The Bertz CT molecular complexity index is 560. The summed E-state index contributed by atoms with van der Waals surface area (Å²) >= 11 is 0. The Morgan fingerprint density at radius 3 is 2.50 bits per heavy atom. The second-order valence-electron chi connectivity index (χ2n) is 5.60. The molecule has 104 valence electrons. The van der Waals surface area contributed by atoms with Gasteiger partial charge in [0.25, 0.3) is 0 Å². The Morgan fingerprint density at radius 1 is 1.00 bits per heavy atom. The van der Waals surface area contributed by atoms with Gasteiger partial charge in [0, 0.05) is 24.1 Å². The highest BCUT2D eigenvalue weighted by Gasteiger charge is 2.19. The molecule has 1 aliphatic carbocycles. The van der Waals surface area contributed by atoms with Crippen LogP contribution < -0.4 is 5.73 Å². The Morgan fingerprint density at radius 2 is 1.75 bits per heavy atom. The largest absolute Gasteiger partial charge is 0.384 e. The molecule has 3 nitrogen and oxygen atoms in total. The molecule has 0 unspecified atom stereocenters. The summed E-state index contributed by atoms with van der Waals surface area (Å²) in [5.41, 5.74) is 8.42. The predicted molar refractivity (Wildman–Crippen MR) is 81.5 cm³/mol. The van der Waals surface area contributed by atoms with Gasteiger partial charge in [-0.3, -0.25) is 0 Å². The second-order valence-corrected chi connectivity index (χ2v) is 5.60. The van der Waals surface area contributed by atoms with Crippen molar-refractivity contribution in [3.05, 3.63) is 53.5 Å². The normalized spacial score (nSPS) is 15.6. The van der Waals surface area contributed by atoms with Crippen LogP contribution in [0.5, 0.6) is 0 Å². The molecule has 2 aromatic rings. The molecule has 1 heterocycles. The van der Waals surface area contributed by atoms with Crippen LogP contribution >= 0.6 is 0 Å². The summed E-state index contributed by atoms with van der Waals surface area (Å²) in [4.78, 5) is 9.13. The topological polar surface area (TPSA) is 51.8 Å². The fourth-order valence-electron chi connectivity index (χ4n) is 2.98. The first-order chi connectivity index (χ1) is 9.81. The summed E-state index contributed by atoms with van der Waals surface area (Å²) in [7, 11) is 0. The minimum Gasteiger partial charge on any atom is -0.384 e. The number of rotatable bonds is 4. The second kappa shape index (κ2) is 6.04. The maximum atomic E-state index is 5.94. The zero-order valence-electron chi connectivity index (χ0n) is 11.8. The lowest BCUT2D eigenvalue weighted by Gasteiger charge is -2.11. The van der Waals surface area contributed by atoms with Gasteiger partial charge in [-0.05, 0) is 24.8 Å². The average molecular weight is 267 g/mol. The summed E-state index contributed by atoms with van der Waals surface area (Å²) in [6, 6.07) is 12.4. The van der Waals surface area contributed by atoms with Gasteiger partial charge in [-0.1, -0.05) is 43.2 Å². The third-order valence-electron chi connectivity index (χ3n) is 4.07. The van der Waals surface area contributed by atoms with Crippen LogP contribution in [0.2, 0.25) is 0 Å². The predicted octanol–water partition coefficient (Wildman–Crippen LogP) is 3.50. The summed E-state index contributed by atoms with van der Waals surface area (Å²) < 4.78 is 0. The van der Waals surface area contributed by atoms with E-state index >= 15 is 0 Å². The van der Waals surface area contributed by atoms with E-state index in [1.165, 1.54) is 31.2 Å². The third-order valence-corrected chi connectivity index (χ3v) is 4.07. The smallest absolute Gasteiger partial charge is 0.131 e. The van der Waals surface area contributed by atoms with Crippen LogP contribution in [0.1, 0.15) is 48.7 Å². The lowest BCUT2D eigenvalue weighted by Crippen LogP contribution is -2.07. The van der Waals surface area contributed by atoms with Crippen LogP contribution in [0.4, 0.5) is 5.82 Å². The van der Waals surface area contributed by atoms with Gasteiger partial charge in [0.15, 0.2) is 0 Å². The zero-order chi connectivity index (χ0) is 13.8. The van der Waals surface area contributed by atoms with Crippen molar-refractivity contribution < 1.29 is 0 Å². The summed E-state index contributed by atoms with van der Waals surface area (Å²) in [5, 5.41) is 0. The van der Waals surface area contributed by atoms with Gasteiger partial charge >= 0.3 is 0 Å². The molecule has 1 aromatic heterocycles. The monoisotopic (exact) mass is 267 g/mol. The van der Waals surface area contributed by atoms with Crippen molar-refractivity contribution in [1.29, 1.82) is 0 Å². The number of anilines is 1. The molecule has 0 atom stereocenters. The number of nitrogens with zero attached hydrogens (tertiary/aromatic N) is 2. The van der Waals surface area contributed by atoms with E-state index in [0.29, 0.717) is 11.7 Å². The average Bonchev–Trinajstić information content (AvgIpc) is 3.00. The Kier molecular flexibility index (Phi) is 3.95. The van der Waals surface area contributed by atoms with E-state index in [9.17, 15) is 0 Å². The highest BCUT2D eigenvalue weighted by atomic mass is 14.9. The lowest BCUT2D eigenvalue weighted by molar-refractivity contribution is 0.682. The quantitative estimate of drug-likeness (QED) is 0.922. The molecule has 0 spiro atoms. The Labute approximate surface area is 120 Å². The molecule has 20 heavy (non-hydrogen) atoms. The number of nitrogen functional groups attached to an aromatic ring is 1. The van der Waals surface area contributed by atoms with Gasteiger partial charge in [-0.25, -0.2) is 9.97 Å². The number of hydrogen-bond donors (Lipinski definition) is 1. The summed E-state index contributed by atoms with van der Waals surface area (Å²) in [6.45, 7) is 0. The molecule has 3 rings (SSSR count). The van der Waals surface area contributed by atoms with E-state index in [4.69, 9.17) is 10.7 Å². The Hall–Kier alpha value is -1.90. The molecule has 0 bridgehead atoms. The van der Waals surface area contributed by atoms with Gasteiger partial charge in [-0.15, -0.1) is 0 Å². The first-order valence-electron chi connectivity index (χ1n) is 7.48. The van der Waals surface area contributed by atoms with E-state index in [1.807, 2.05) is 12.1 Å². The van der Waals surface area contributed by atoms with Crippen molar-refractivity contribution in [2.24, 2.45) is 0 Å². The number of nitrogens with two attached hydrogens (primary N) is 1. The SMILES string of the molecule is Nc1cc(C2CCCC2)nc(CCc2ccccc2)n1. The molecular formula is C17H21N3. The zero-order valence-corrected chi connectivity index (χ0v) is 11.8. The van der Waals surface area contributed by atoms with Crippen LogP contribution in [-0.2, 0) is 12.8 Å². The van der Waals surface area contributed by atoms with Crippen LogP contribution in [0.15, 0.2) is 36.4 Å². The van der Waals surface area contributed by atoms with E-state index in [0.717, 1.165) is 24.4 Å². The highest BCUT2D eigenvalue weighted by Crippen LogP contribution is 2.33.